The Morgan fingerprint density at radius 1 is 0.280 bits per heavy atom. The molecule has 0 amide bonds. The second-order valence-electron chi connectivity index (χ2n) is 19.1. The van der Waals surface area contributed by atoms with Gasteiger partial charge in [-0.1, -0.05) is 256 Å². The molecule has 0 radical (unpaired) electrons. The monoisotopic (exact) mass is 1030 g/mol. The third-order valence-corrected chi connectivity index (χ3v) is 12.0. The highest BCUT2D eigenvalue weighted by molar-refractivity contribution is 5.72. The van der Waals surface area contributed by atoms with Crippen LogP contribution in [0.2, 0.25) is 0 Å². The van der Waals surface area contributed by atoms with Crippen LogP contribution < -0.4 is 0 Å². The number of unbranched alkanes of at least 4 members (excludes halogenated alkanes) is 16. The fraction of sp³-hybridized carbons (Fsp3) is 0.580. The van der Waals surface area contributed by atoms with E-state index in [1.54, 1.807) is 6.08 Å². The van der Waals surface area contributed by atoms with Crippen LogP contribution in [0.1, 0.15) is 239 Å². The largest absolute Gasteiger partial charge is 0.462 e. The van der Waals surface area contributed by atoms with Gasteiger partial charge in [0.05, 0.1) is 6.42 Å². The summed E-state index contributed by atoms with van der Waals surface area (Å²) in [7, 11) is 0. The van der Waals surface area contributed by atoms with E-state index in [0.29, 0.717) is 6.42 Å². The molecule has 0 heterocycles. The fourth-order valence-corrected chi connectivity index (χ4v) is 7.67. The molecule has 0 N–H and O–H groups in total. The number of carbonyl (C=O) groups is 3. The van der Waals surface area contributed by atoms with Crippen LogP contribution in [0.3, 0.4) is 0 Å². The van der Waals surface area contributed by atoms with Crippen molar-refractivity contribution in [3.05, 3.63) is 158 Å². The van der Waals surface area contributed by atoms with Gasteiger partial charge in [-0.15, -0.1) is 0 Å². The molecule has 75 heavy (non-hydrogen) atoms. The van der Waals surface area contributed by atoms with Gasteiger partial charge in [0.1, 0.15) is 13.2 Å². The number of carbonyl (C=O) groups excluding carboxylic acids is 3. The molecular formula is C69H108O6. The SMILES string of the molecule is CC/C=C\C/C=C\C/C=C\C/C=C\C/C=C\CC(=O)OCC(COC(=O)CCCCCCCCCCCC/C=C\C/C=C\C/C=C\C/C=C\CC)OC(=O)CCCCCCCC/C=C\C/C=C\C/C=C\C/C=C\CC. The van der Waals surface area contributed by atoms with Gasteiger partial charge in [0.25, 0.3) is 0 Å². The first-order chi connectivity index (χ1) is 37.0. The Bertz CT molecular complexity index is 1710. The van der Waals surface area contributed by atoms with Crippen molar-refractivity contribution in [1.29, 1.82) is 0 Å². The Labute approximate surface area is 460 Å². The van der Waals surface area contributed by atoms with Crippen LogP contribution in [0.5, 0.6) is 0 Å². The highest BCUT2D eigenvalue weighted by Crippen LogP contribution is 2.14. The number of esters is 3. The molecule has 0 aliphatic rings. The third-order valence-electron chi connectivity index (χ3n) is 12.0. The quantitative estimate of drug-likeness (QED) is 0.0261. The van der Waals surface area contributed by atoms with Crippen molar-refractivity contribution in [3.63, 3.8) is 0 Å². The van der Waals surface area contributed by atoms with Gasteiger partial charge in [0.2, 0.25) is 0 Å². The Morgan fingerprint density at radius 3 is 0.867 bits per heavy atom. The van der Waals surface area contributed by atoms with Crippen LogP contribution in [0.15, 0.2) is 158 Å². The van der Waals surface area contributed by atoms with Crippen LogP contribution in [0, 0.1) is 0 Å². The third kappa shape index (κ3) is 59.8. The van der Waals surface area contributed by atoms with Crippen LogP contribution in [-0.2, 0) is 28.6 Å². The number of allylic oxidation sites excluding steroid dienone is 25. The molecule has 1 unspecified atom stereocenters. The molecule has 420 valence electrons. The lowest BCUT2D eigenvalue weighted by molar-refractivity contribution is -0.166. The molecule has 0 bridgehead atoms. The van der Waals surface area contributed by atoms with Crippen molar-refractivity contribution in [2.45, 2.75) is 245 Å². The van der Waals surface area contributed by atoms with Crippen LogP contribution >= 0.6 is 0 Å². The predicted molar refractivity (Wildman–Crippen MR) is 325 cm³/mol. The summed E-state index contributed by atoms with van der Waals surface area (Å²) in [5, 5.41) is 0. The molecule has 0 saturated heterocycles. The molecule has 0 aromatic heterocycles. The van der Waals surface area contributed by atoms with Crippen molar-refractivity contribution in [2.24, 2.45) is 0 Å². The molecule has 1 atom stereocenters. The average molecular weight is 1030 g/mol. The number of rotatable bonds is 52. The first-order valence-electron chi connectivity index (χ1n) is 30.0. The Balaban J connectivity index is 4.50. The van der Waals surface area contributed by atoms with E-state index in [2.05, 4.69) is 167 Å². The molecule has 0 fully saturated rings. The molecule has 0 spiro atoms. The summed E-state index contributed by atoms with van der Waals surface area (Å²) < 4.78 is 16.8. The summed E-state index contributed by atoms with van der Waals surface area (Å²) in [4.78, 5) is 38.2. The molecule has 6 nitrogen and oxygen atoms in total. The zero-order chi connectivity index (χ0) is 54.3. The Morgan fingerprint density at radius 2 is 0.533 bits per heavy atom. The van der Waals surface area contributed by atoms with Crippen molar-refractivity contribution in [1.82, 2.24) is 0 Å². The summed E-state index contributed by atoms with van der Waals surface area (Å²) in [6.45, 7) is 6.19. The summed E-state index contributed by atoms with van der Waals surface area (Å²) in [5.74, 6) is -1.08. The fourth-order valence-electron chi connectivity index (χ4n) is 7.67. The van der Waals surface area contributed by atoms with Crippen molar-refractivity contribution in [2.75, 3.05) is 13.2 Å². The summed E-state index contributed by atoms with van der Waals surface area (Å²) in [6.07, 6.45) is 89.8. The zero-order valence-electron chi connectivity index (χ0n) is 48.0. The van der Waals surface area contributed by atoms with Crippen LogP contribution in [0.25, 0.3) is 0 Å². The van der Waals surface area contributed by atoms with Gasteiger partial charge >= 0.3 is 17.9 Å². The average Bonchev–Trinajstić information content (AvgIpc) is 3.41. The van der Waals surface area contributed by atoms with Crippen molar-refractivity contribution >= 4 is 17.9 Å². The van der Waals surface area contributed by atoms with E-state index < -0.39 is 12.1 Å². The van der Waals surface area contributed by atoms with E-state index in [1.165, 1.54) is 64.2 Å². The Kier molecular flexibility index (Phi) is 57.5. The number of ether oxygens (including phenoxy) is 3. The van der Waals surface area contributed by atoms with Gasteiger partial charge in [-0.05, 0) is 122 Å². The first kappa shape index (κ1) is 70.0. The van der Waals surface area contributed by atoms with E-state index in [1.807, 2.05) is 6.08 Å². The van der Waals surface area contributed by atoms with Crippen molar-refractivity contribution in [3.8, 4) is 0 Å². The maximum Gasteiger partial charge on any atom is 0.309 e. The lowest BCUT2D eigenvalue weighted by Crippen LogP contribution is -2.30. The number of hydrogen-bond donors (Lipinski definition) is 0. The van der Waals surface area contributed by atoms with Crippen LogP contribution in [-0.4, -0.2) is 37.2 Å². The highest BCUT2D eigenvalue weighted by atomic mass is 16.6. The first-order valence-corrected chi connectivity index (χ1v) is 30.0. The molecule has 6 heteroatoms. The van der Waals surface area contributed by atoms with E-state index in [-0.39, 0.29) is 38.0 Å². The van der Waals surface area contributed by atoms with Crippen molar-refractivity contribution < 1.29 is 28.6 Å². The smallest absolute Gasteiger partial charge is 0.309 e. The van der Waals surface area contributed by atoms with E-state index in [0.717, 1.165) is 135 Å². The predicted octanol–water partition coefficient (Wildman–Crippen LogP) is 20.5. The van der Waals surface area contributed by atoms with Gasteiger partial charge in [-0.25, -0.2) is 0 Å². The van der Waals surface area contributed by atoms with Gasteiger partial charge in [0.15, 0.2) is 6.10 Å². The molecule has 0 rings (SSSR count). The maximum atomic E-state index is 12.9. The summed E-state index contributed by atoms with van der Waals surface area (Å²) >= 11 is 0. The van der Waals surface area contributed by atoms with Gasteiger partial charge in [-0.3, -0.25) is 14.4 Å². The lowest BCUT2D eigenvalue weighted by Gasteiger charge is -2.18. The minimum atomic E-state index is -0.836. The summed E-state index contributed by atoms with van der Waals surface area (Å²) in [5.41, 5.74) is 0. The van der Waals surface area contributed by atoms with E-state index in [4.69, 9.17) is 14.2 Å². The van der Waals surface area contributed by atoms with Gasteiger partial charge in [0, 0.05) is 12.8 Å². The minimum Gasteiger partial charge on any atom is -0.462 e. The van der Waals surface area contributed by atoms with E-state index >= 15 is 0 Å². The lowest BCUT2D eigenvalue weighted by atomic mass is 10.1. The topological polar surface area (TPSA) is 78.9 Å². The molecule has 0 aromatic carbocycles. The molecule has 0 aromatic rings. The van der Waals surface area contributed by atoms with Gasteiger partial charge < -0.3 is 14.2 Å². The summed E-state index contributed by atoms with van der Waals surface area (Å²) in [6, 6.07) is 0. The second-order valence-corrected chi connectivity index (χ2v) is 19.1. The zero-order valence-corrected chi connectivity index (χ0v) is 48.0. The van der Waals surface area contributed by atoms with Gasteiger partial charge in [-0.2, -0.15) is 0 Å². The number of hydrogen-bond acceptors (Lipinski definition) is 6. The molecular weight excluding hydrogens is 925 g/mol. The normalized spacial score (nSPS) is 13.3. The molecule has 0 aliphatic heterocycles. The standard InChI is InChI=1S/C69H108O6/c1-4-7-10-13-16-19-22-25-28-30-32-33-34-35-37-38-41-44-47-50-53-56-59-62-68(71)74-65-66(64-73-67(70)61-58-55-52-49-46-43-40-27-24-21-18-15-12-9-6-3)75-69(72)63-60-57-54-51-48-45-42-39-36-31-29-26-23-20-17-14-11-8-5-2/h7-12,16-21,25-29,32-33,36,39-40,46,49,55,58,66H,4-6,13-15,22-24,30-31,34-35,37-38,41-45,47-48,50-54,56-57,59-65H2,1-3H3/b10-7-,11-8-,12-9-,19-16-,20-17-,21-18-,28-25-,29-26-,33-32-,39-36-,40-27-,49-46-,58-55-. The second kappa shape index (κ2) is 61.6. The van der Waals surface area contributed by atoms with Crippen LogP contribution in [0.4, 0.5) is 0 Å². The van der Waals surface area contributed by atoms with E-state index in [9.17, 15) is 14.4 Å². The molecule has 0 aliphatic carbocycles. The minimum absolute atomic E-state index is 0.116. The Hall–Kier alpha value is -4.97. The molecule has 0 saturated carbocycles. The maximum absolute atomic E-state index is 12.9. The highest BCUT2D eigenvalue weighted by Gasteiger charge is 2.19.